The zero-order valence-corrected chi connectivity index (χ0v) is 16.8. The Morgan fingerprint density at radius 2 is 1.63 bits per heavy atom. The summed E-state index contributed by atoms with van der Waals surface area (Å²) in [5, 5.41) is 12.0. The van der Waals surface area contributed by atoms with Crippen molar-refractivity contribution in [1.82, 2.24) is 15.1 Å². The van der Waals surface area contributed by atoms with Crippen LogP contribution in [0.5, 0.6) is 0 Å². The van der Waals surface area contributed by atoms with Gasteiger partial charge in [0.05, 0.1) is 17.8 Å². The number of fused-ring (bicyclic) bond motifs is 1. The highest BCUT2D eigenvalue weighted by atomic mass is 35.5. The van der Waals surface area contributed by atoms with Crippen molar-refractivity contribution < 1.29 is 4.79 Å². The van der Waals surface area contributed by atoms with Gasteiger partial charge in [-0.05, 0) is 23.8 Å². The number of para-hydroxylation sites is 1. The van der Waals surface area contributed by atoms with Gasteiger partial charge in [-0.1, -0.05) is 72.3 Å². The molecule has 3 aromatic carbocycles. The molecule has 0 saturated heterocycles. The van der Waals surface area contributed by atoms with Crippen molar-refractivity contribution in [1.29, 1.82) is 0 Å². The lowest BCUT2D eigenvalue weighted by Gasteiger charge is -2.27. The number of carbonyl (C=O) groups excluding carboxylic acids is 1. The largest absolute Gasteiger partial charge is 0.361 e. The lowest BCUT2D eigenvalue weighted by molar-refractivity contribution is 0.0936. The minimum atomic E-state index is -0.386. The van der Waals surface area contributed by atoms with E-state index < -0.39 is 0 Å². The van der Waals surface area contributed by atoms with Crippen molar-refractivity contribution >= 4 is 23.2 Å². The zero-order valence-electron chi connectivity index (χ0n) is 16.0. The van der Waals surface area contributed by atoms with Crippen molar-refractivity contribution in [3.8, 4) is 11.3 Å². The summed E-state index contributed by atoms with van der Waals surface area (Å²) in [6.07, 6.45) is 1.58. The van der Waals surface area contributed by atoms with E-state index in [2.05, 4.69) is 10.6 Å². The van der Waals surface area contributed by atoms with Crippen molar-refractivity contribution in [3.63, 3.8) is 0 Å². The first-order valence-electron chi connectivity index (χ1n) is 9.71. The number of aromatic nitrogens is 2. The van der Waals surface area contributed by atoms with Gasteiger partial charge in [-0.2, -0.15) is 5.10 Å². The topological polar surface area (TPSA) is 59.0 Å². The number of anilines is 1. The molecule has 0 aliphatic carbocycles. The number of nitrogens with zero attached hydrogens (tertiary/aromatic N) is 2. The Morgan fingerprint density at radius 1 is 0.900 bits per heavy atom. The van der Waals surface area contributed by atoms with Crippen molar-refractivity contribution in [2.75, 3.05) is 5.32 Å². The van der Waals surface area contributed by atoms with Crippen LogP contribution in [-0.4, -0.2) is 15.7 Å². The number of nitrogens with one attached hydrogen (secondary N) is 2. The number of hydrogen-bond donors (Lipinski definition) is 2. The lowest BCUT2D eigenvalue weighted by Crippen LogP contribution is -2.38. The van der Waals surface area contributed by atoms with E-state index in [9.17, 15) is 4.79 Å². The van der Waals surface area contributed by atoms with Gasteiger partial charge in [0.25, 0.3) is 5.91 Å². The summed E-state index contributed by atoms with van der Waals surface area (Å²) >= 11 is 6.35. The molecule has 4 aromatic rings. The van der Waals surface area contributed by atoms with Crippen LogP contribution in [0.1, 0.15) is 27.7 Å². The van der Waals surface area contributed by atoms with Gasteiger partial charge in [0.15, 0.2) is 0 Å². The molecular weight excluding hydrogens is 396 g/mol. The first kappa shape index (κ1) is 18.5. The molecule has 0 unspecified atom stereocenters. The van der Waals surface area contributed by atoms with Gasteiger partial charge >= 0.3 is 0 Å². The average molecular weight is 415 g/mol. The molecule has 0 bridgehead atoms. The SMILES string of the molecule is O=C1N[C@@H](c2cn(Cc3ccccc3Cl)nc2-c2ccccc2)Nc2ccccc21. The molecule has 6 heteroatoms. The second kappa shape index (κ2) is 7.69. The van der Waals surface area contributed by atoms with E-state index in [4.69, 9.17) is 16.7 Å². The fraction of sp³-hybridized carbons (Fsp3) is 0.0833. The minimum absolute atomic E-state index is 0.104. The highest BCUT2D eigenvalue weighted by molar-refractivity contribution is 6.31. The molecule has 1 aliphatic heterocycles. The fourth-order valence-corrected chi connectivity index (χ4v) is 3.91. The number of benzene rings is 3. The molecule has 1 atom stereocenters. The van der Waals surface area contributed by atoms with Gasteiger partial charge in [-0.15, -0.1) is 0 Å². The summed E-state index contributed by atoms with van der Waals surface area (Å²) in [6.45, 7) is 0.538. The molecule has 1 aliphatic rings. The third-order valence-electron chi connectivity index (χ3n) is 5.19. The smallest absolute Gasteiger partial charge is 0.255 e. The molecule has 0 fully saturated rings. The van der Waals surface area contributed by atoms with Crippen LogP contribution in [-0.2, 0) is 6.54 Å². The predicted octanol–water partition coefficient (Wildman–Crippen LogP) is 5.11. The Morgan fingerprint density at radius 3 is 2.47 bits per heavy atom. The summed E-state index contributed by atoms with van der Waals surface area (Å²) in [5.74, 6) is -0.104. The monoisotopic (exact) mass is 414 g/mol. The normalized spacial score (nSPS) is 15.2. The number of carbonyl (C=O) groups is 1. The maximum atomic E-state index is 12.7. The maximum absolute atomic E-state index is 12.7. The van der Waals surface area contributed by atoms with Gasteiger partial charge in [0.1, 0.15) is 6.17 Å². The fourth-order valence-electron chi connectivity index (χ4n) is 3.71. The highest BCUT2D eigenvalue weighted by Crippen LogP contribution is 2.32. The summed E-state index contributed by atoms with van der Waals surface area (Å²) in [4.78, 5) is 12.7. The van der Waals surface area contributed by atoms with E-state index in [0.29, 0.717) is 17.1 Å². The standard InChI is InChI=1S/C24H19ClN4O/c25-20-12-6-4-10-17(20)14-29-15-19(22(28-29)16-8-2-1-3-9-16)23-26-21-13-7-5-11-18(21)24(30)27-23/h1-13,15,23,26H,14H2,(H,27,30)/t23-/m0/s1. The van der Waals surface area contributed by atoms with E-state index in [0.717, 1.165) is 28.1 Å². The number of hydrogen-bond acceptors (Lipinski definition) is 3. The van der Waals surface area contributed by atoms with Crippen LogP contribution in [0.3, 0.4) is 0 Å². The summed E-state index contributed by atoms with van der Waals surface area (Å²) in [6, 6.07) is 25.2. The van der Waals surface area contributed by atoms with E-state index in [-0.39, 0.29) is 12.1 Å². The summed E-state index contributed by atoms with van der Waals surface area (Å²) in [5.41, 5.74) is 5.14. The first-order valence-corrected chi connectivity index (χ1v) is 10.1. The first-order chi connectivity index (χ1) is 14.7. The number of rotatable bonds is 4. The molecule has 2 N–H and O–H groups in total. The van der Waals surface area contributed by atoms with Gasteiger partial charge in [0, 0.05) is 28.0 Å². The molecule has 0 saturated carbocycles. The maximum Gasteiger partial charge on any atom is 0.255 e. The summed E-state index contributed by atoms with van der Waals surface area (Å²) in [7, 11) is 0. The minimum Gasteiger partial charge on any atom is -0.361 e. The number of halogens is 1. The van der Waals surface area contributed by atoms with Crippen LogP contribution < -0.4 is 10.6 Å². The van der Waals surface area contributed by atoms with E-state index >= 15 is 0 Å². The Hall–Kier alpha value is -3.57. The zero-order chi connectivity index (χ0) is 20.5. The molecule has 1 amide bonds. The molecule has 0 radical (unpaired) electrons. The van der Waals surface area contributed by atoms with E-state index in [1.165, 1.54) is 0 Å². The molecular formula is C24H19ClN4O. The average Bonchev–Trinajstić information content (AvgIpc) is 3.20. The molecule has 148 valence electrons. The van der Waals surface area contributed by atoms with Gasteiger partial charge in [-0.3, -0.25) is 9.48 Å². The van der Waals surface area contributed by atoms with Gasteiger partial charge in [0.2, 0.25) is 0 Å². The quantitative estimate of drug-likeness (QED) is 0.488. The third kappa shape index (κ3) is 3.44. The van der Waals surface area contributed by atoms with Crippen LogP contribution in [0.2, 0.25) is 5.02 Å². The molecule has 2 heterocycles. The van der Waals surface area contributed by atoms with Crippen molar-refractivity contribution in [2.45, 2.75) is 12.7 Å². The summed E-state index contributed by atoms with van der Waals surface area (Å²) < 4.78 is 1.87. The highest BCUT2D eigenvalue weighted by Gasteiger charge is 2.28. The molecule has 5 nitrogen and oxygen atoms in total. The second-order valence-electron chi connectivity index (χ2n) is 7.18. The van der Waals surface area contributed by atoms with Crippen LogP contribution >= 0.6 is 11.6 Å². The molecule has 1 aromatic heterocycles. The Bertz CT molecular complexity index is 1220. The van der Waals surface area contributed by atoms with E-state index in [1.54, 1.807) is 0 Å². The number of amides is 1. The Labute approximate surface area is 179 Å². The van der Waals surface area contributed by atoms with E-state index in [1.807, 2.05) is 89.7 Å². The van der Waals surface area contributed by atoms with Crippen LogP contribution in [0, 0.1) is 0 Å². The van der Waals surface area contributed by atoms with Crippen LogP contribution in [0.4, 0.5) is 5.69 Å². The molecule has 30 heavy (non-hydrogen) atoms. The van der Waals surface area contributed by atoms with Crippen molar-refractivity contribution in [2.24, 2.45) is 0 Å². The van der Waals surface area contributed by atoms with Gasteiger partial charge < -0.3 is 10.6 Å². The molecule has 5 rings (SSSR count). The Kier molecular flexibility index (Phi) is 4.73. The third-order valence-corrected chi connectivity index (χ3v) is 5.55. The van der Waals surface area contributed by atoms with Crippen LogP contribution in [0.15, 0.2) is 85.1 Å². The van der Waals surface area contributed by atoms with Gasteiger partial charge in [-0.25, -0.2) is 0 Å². The van der Waals surface area contributed by atoms with Crippen molar-refractivity contribution in [3.05, 3.63) is 107 Å². The van der Waals surface area contributed by atoms with Crippen LogP contribution in [0.25, 0.3) is 11.3 Å². The Balaban J connectivity index is 1.56. The lowest BCUT2D eigenvalue weighted by atomic mass is 10.0. The second-order valence-corrected chi connectivity index (χ2v) is 7.59. The molecule has 0 spiro atoms. The predicted molar refractivity (Wildman–Crippen MR) is 118 cm³/mol.